The Labute approximate surface area is 109 Å². The van der Waals surface area contributed by atoms with Gasteiger partial charge < -0.3 is 4.74 Å². The molecule has 0 N–H and O–H groups in total. The van der Waals surface area contributed by atoms with Crippen LogP contribution in [0.3, 0.4) is 0 Å². The molecule has 1 aliphatic rings. The summed E-state index contributed by atoms with van der Waals surface area (Å²) in [4.78, 5) is 16.2. The van der Waals surface area contributed by atoms with Gasteiger partial charge in [-0.05, 0) is 44.2 Å². The van der Waals surface area contributed by atoms with E-state index in [-0.39, 0.29) is 0 Å². The molecule has 0 unspecified atom stereocenters. The SMILES string of the molecule is CCOC1CC(CC(=O)Cc2ncccc2C)C1. The van der Waals surface area contributed by atoms with Gasteiger partial charge in [-0.25, -0.2) is 0 Å². The summed E-state index contributed by atoms with van der Waals surface area (Å²) >= 11 is 0. The van der Waals surface area contributed by atoms with Crippen LogP contribution in [0.25, 0.3) is 0 Å². The number of ketones is 1. The molecule has 0 saturated heterocycles. The standard InChI is InChI=1S/C15H21NO2/c1-3-18-14-8-12(9-14)7-13(17)10-15-11(2)5-4-6-16-15/h4-6,12,14H,3,7-10H2,1-2H3. The van der Waals surface area contributed by atoms with Crippen molar-refractivity contribution in [2.75, 3.05) is 6.61 Å². The number of aromatic nitrogens is 1. The first kappa shape index (κ1) is 13.2. The third-order valence-electron chi connectivity index (χ3n) is 3.59. The fourth-order valence-corrected chi connectivity index (χ4v) is 2.50. The van der Waals surface area contributed by atoms with Crippen LogP contribution < -0.4 is 0 Å². The van der Waals surface area contributed by atoms with Crippen molar-refractivity contribution >= 4 is 5.78 Å². The predicted molar refractivity (Wildman–Crippen MR) is 70.4 cm³/mol. The molecule has 1 saturated carbocycles. The van der Waals surface area contributed by atoms with Gasteiger partial charge in [-0.1, -0.05) is 6.07 Å². The van der Waals surface area contributed by atoms with Gasteiger partial charge in [0, 0.05) is 25.6 Å². The van der Waals surface area contributed by atoms with Crippen LogP contribution in [0.4, 0.5) is 0 Å². The first-order chi connectivity index (χ1) is 8.69. The van der Waals surface area contributed by atoms with Gasteiger partial charge in [-0.15, -0.1) is 0 Å². The van der Waals surface area contributed by atoms with Crippen molar-refractivity contribution in [1.82, 2.24) is 4.98 Å². The molecule has 1 aromatic rings. The highest BCUT2D eigenvalue weighted by molar-refractivity contribution is 5.81. The van der Waals surface area contributed by atoms with E-state index in [2.05, 4.69) is 4.98 Å². The molecule has 0 aliphatic heterocycles. The highest BCUT2D eigenvalue weighted by Crippen LogP contribution is 2.33. The zero-order chi connectivity index (χ0) is 13.0. The Morgan fingerprint density at radius 3 is 2.94 bits per heavy atom. The number of hydrogen-bond donors (Lipinski definition) is 0. The van der Waals surface area contributed by atoms with Crippen LogP contribution in [0.15, 0.2) is 18.3 Å². The lowest BCUT2D eigenvalue weighted by molar-refractivity contribution is -0.121. The molecule has 18 heavy (non-hydrogen) atoms. The van der Waals surface area contributed by atoms with Gasteiger partial charge >= 0.3 is 0 Å². The Morgan fingerprint density at radius 1 is 1.50 bits per heavy atom. The third-order valence-corrected chi connectivity index (χ3v) is 3.59. The monoisotopic (exact) mass is 247 g/mol. The lowest BCUT2D eigenvalue weighted by Crippen LogP contribution is -2.33. The van der Waals surface area contributed by atoms with E-state index in [1.807, 2.05) is 26.0 Å². The average Bonchev–Trinajstić information content (AvgIpc) is 2.29. The van der Waals surface area contributed by atoms with Crippen molar-refractivity contribution in [3.8, 4) is 0 Å². The van der Waals surface area contributed by atoms with Crippen molar-refractivity contribution in [3.63, 3.8) is 0 Å². The topological polar surface area (TPSA) is 39.2 Å². The van der Waals surface area contributed by atoms with Crippen LogP contribution in [0.2, 0.25) is 0 Å². The Bertz CT molecular complexity index is 411. The molecule has 2 rings (SSSR count). The zero-order valence-electron chi connectivity index (χ0n) is 11.2. The van der Waals surface area contributed by atoms with Crippen LogP contribution in [-0.2, 0) is 16.0 Å². The molecule has 1 heterocycles. The second kappa shape index (κ2) is 6.10. The number of carbonyl (C=O) groups excluding carboxylic acids is 1. The van der Waals surface area contributed by atoms with E-state index in [4.69, 9.17) is 4.74 Å². The minimum absolute atomic E-state index is 0.303. The van der Waals surface area contributed by atoms with Crippen molar-refractivity contribution in [1.29, 1.82) is 0 Å². The summed E-state index contributed by atoms with van der Waals surface area (Å²) < 4.78 is 5.50. The van der Waals surface area contributed by atoms with Crippen LogP contribution in [-0.4, -0.2) is 23.5 Å². The van der Waals surface area contributed by atoms with Gasteiger partial charge in [-0.3, -0.25) is 9.78 Å². The molecule has 3 heteroatoms. The molecule has 0 spiro atoms. The quantitative estimate of drug-likeness (QED) is 0.776. The van der Waals surface area contributed by atoms with Crippen LogP contribution in [0.1, 0.15) is 37.4 Å². The van der Waals surface area contributed by atoms with E-state index in [1.165, 1.54) is 0 Å². The van der Waals surface area contributed by atoms with E-state index in [9.17, 15) is 4.79 Å². The van der Waals surface area contributed by atoms with Gasteiger partial charge in [-0.2, -0.15) is 0 Å². The Morgan fingerprint density at radius 2 is 2.28 bits per heavy atom. The van der Waals surface area contributed by atoms with Gasteiger partial charge in [0.2, 0.25) is 0 Å². The molecule has 1 aliphatic carbocycles. The molecule has 0 aromatic carbocycles. The lowest BCUT2D eigenvalue weighted by atomic mass is 9.78. The highest BCUT2D eigenvalue weighted by atomic mass is 16.5. The molecule has 0 atom stereocenters. The Balaban J connectivity index is 1.75. The fraction of sp³-hybridized carbons (Fsp3) is 0.600. The second-order valence-corrected chi connectivity index (χ2v) is 5.10. The van der Waals surface area contributed by atoms with Gasteiger partial charge in [0.25, 0.3) is 0 Å². The van der Waals surface area contributed by atoms with Crippen LogP contribution >= 0.6 is 0 Å². The maximum atomic E-state index is 12.0. The van der Waals surface area contributed by atoms with Gasteiger partial charge in [0.05, 0.1) is 11.8 Å². The average molecular weight is 247 g/mol. The van der Waals surface area contributed by atoms with Crippen LogP contribution in [0, 0.1) is 12.8 Å². The molecule has 3 nitrogen and oxygen atoms in total. The molecular formula is C15H21NO2. The number of Topliss-reactive ketones (excluding diaryl/α,β-unsaturated/α-hetero) is 1. The summed E-state index contributed by atoms with van der Waals surface area (Å²) in [6.07, 6.45) is 5.39. The second-order valence-electron chi connectivity index (χ2n) is 5.10. The summed E-state index contributed by atoms with van der Waals surface area (Å²) in [6.45, 7) is 4.80. The molecule has 98 valence electrons. The Kier molecular flexibility index (Phi) is 4.48. The molecule has 1 aromatic heterocycles. The van der Waals surface area contributed by atoms with E-state index < -0.39 is 0 Å². The minimum Gasteiger partial charge on any atom is -0.378 e. The van der Waals surface area contributed by atoms with Crippen LogP contribution in [0.5, 0.6) is 0 Å². The fourth-order valence-electron chi connectivity index (χ4n) is 2.50. The largest absolute Gasteiger partial charge is 0.378 e. The lowest BCUT2D eigenvalue weighted by Gasteiger charge is -2.34. The summed E-state index contributed by atoms with van der Waals surface area (Å²) in [5.74, 6) is 0.829. The van der Waals surface area contributed by atoms with E-state index >= 15 is 0 Å². The zero-order valence-corrected chi connectivity index (χ0v) is 11.2. The maximum absolute atomic E-state index is 12.0. The number of pyridine rings is 1. The molecule has 0 radical (unpaired) electrons. The normalized spacial score (nSPS) is 22.6. The maximum Gasteiger partial charge on any atom is 0.139 e. The first-order valence-corrected chi connectivity index (χ1v) is 6.72. The Hall–Kier alpha value is -1.22. The smallest absolute Gasteiger partial charge is 0.139 e. The van der Waals surface area contributed by atoms with Crippen molar-refractivity contribution in [2.45, 2.75) is 45.6 Å². The predicted octanol–water partition coefficient (Wildman–Crippen LogP) is 2.71. The molecular weight excluding hydrogens is 226 g/mol. The number of rotatable bonds is 6. The summed E-state index contributed by atoms with van der Waals surface area (Å²) in [5.41, 5.74) is 2.02. The number of carbonyl (C=O) groups is 1. The van der Waals surface area contributed by atoms with Gasteiger partial charge in [0.1, 0.15) is 5.78 Å². The van der Waals surface area contributed by atoms with Crippen molar-refractivity contribution in [2.24, 2.45) is 5.92 Å². The van der Waals surface area contributed by atoms with E-state index in [1.54, 1.807) is 6.20 Å². The number of hydrogen-bond acceptors (Lipinski definition) is 3. The molecule has 0 amide bonds. The van der Waals surface area contributed by atoms with Crippen molar-refractivity contribution in [3.05, 3.63) is 29.6 Å². The van der Waals surface area contributed by atoms with Crippen molar-refractivity contribution < 1.29 is 9.53 Å². The molecule has 1 fully saturated rings. The molecule has 0 bridgehead atoms. The number of ether oxygens (including phenoxy) is 1. The minimum atomic E-state index is 0.303. The highest BCUT2D eigenvalue weighted by Gasteiger charge is 2.30. The summed E-state index contributed by atoms with van der Waals surface area (Å²) in [7, 11) is 0. The first-order valence-electron chi connectivity index (χ1n) is 6.72. The number of nitrogens with zero attached hydrogens (tertiary/aromatic N) is 1. The number of aryl methyl sites for hydroxylation is 1. The van der Waals surface area contributed by atoms with E-state index in [0.29, 0.717) is 30.6 Å². The summed E-state index contributed by atoms with van der Waals surface area (Å²) in [5, 5.41) is 0. The third kappa shape index (κ3) is 3.39. The summed E-state index contributed by atoms with van der Waals surface area (Å²) in [6, 6.07) is 3.91. The van der Waals surface area contributed by atoms with E-state index in [0.717, 1.165) is 30.7 Å². The van der Waals surface area contributed by atoms with Gasteiger partial charge in [0.15, 0.2) is 0 Å².